The monoisotopic (exact) mass is 330 g/mol. The first kappa shape index (κ1) is 16.1. The van der Waals surface area contributed by atoms with Gasteiger partial charge in [-0.15, -0.1) is 0 Å². The molecule has 1 saturated heterocycles. The van der Waals surface area contributed by atoms with E-state index in [1.165, 1.54) is 44.9 Å². The molecule has 1 aromatic rings. The lowest BCUT2D eigenvalue weighted by atomic mass is 9.82. The Bertz CT molecular complexity index is 624. The van der Waals surface area contributed by atoms with Crippen LogP contribution in [0.4, 0.5) is 5.82 Å². The van der Waals surface area contributed by atoms with Crippen molar-refractivity contribution >= 4 is 5.82 Å². The van der Waals surface area contributed by atoms with Crippen LogP contribution in [-0.4, -0.2) is 34.7 Å². The van der Waals surface area contributed by atoms with Gasteiger partial charge in [0.2, 0.25) is 0 Å². The van der Waals surface area contributed by atoms with Crippen LogP contribution in [0.25, 0.3) is 0 Å². The summed E-state index contributed by atoms with van der Waals surface area (Å²) in [5, 5.41) is 3.93. The molecule has 2 heterocycles. The first-order valence-electron chi connectivity index (χ1n) is 9.73. The molecule has 0 unspecified atom stereocenters. The number of rotatable bonds is 4. The van der Waals surface area contributed by atoms with Crippen molar-refractivity contribution in [3.63, 3.8) is 0 Å². The zero-order valence-corrected chi connectivity index (χ0v) is 14.8. The van der Waals surface area contributed by atoms with Crippen LogP contribution >= 0.6 is 0 Å². The third kappa shape index (κ3) is 3.51. The average molecular weight is 330 g/mol. The van der Waals surface area contributed by atoms with Crippen LogP contribution in [0.5, 0.6) is 0 Å². The van der Waals surface area contributed by atoms with E-state index in [2.05, 4.69) is 15.2 Å². The Morgan fingerprint density at radius 1 is 1.08 bits per heavy atom. The number of nitrogens with zero attached hydrogens (tertiary/aromatic N) is 3. The fourth-order valence-electron chi connectivity index (χ4n) is 4.72. The van der Waals surface area contributed by atoms with Crippen molar-refractivity contribution in [1.29, 1.82) is 0 Å². The van der Waals surface area contributed by atoms with Gasteiger partial charge in [0.05, 0.1) is 0 Å². The minimum atomic E-state index is 0.0182. The van der Waals surface area contributed by atoms with Gasteiger partial charge >= 0.3 is 0 Å². The third-order valence-corrected chi connectivity index (χ3v) is 6.19. The highest BCUT2D eigenvalue weighted by Gasteiger charge is 2.35. The molecule has 5 nitrogen and oxygen atoms in total. The minimum absolute atomic E-state index is 0.0182. The summed E-state index contributed by atoms with van der Waals surface area (Å²) < 4.78 is 1.63. The van der Waals surface area contributed by atoms with E-state index in [4.69, 9.17) is 0 Å². The van der Waals surface area contributed by atoms with E-state index in [1.807, 2.05) is 0 Å². The quantitative estimate of drug-likeness (QED) is 0.920. The summed E-state index contributed by atoms with van der Waals surface area (Å²) in [7, 11) is 1.80. The molecule has 1 N–H and O–H groups in total. The molecule has 0 radical (unpaired) electrons. The predicted octanol–water partition coefficient (Wildman–Crippen LogP) is 2.31. The van der Waals surface area contributed by atoms with Crippen LogP contribution in [0.2, 0.25) is 0 Å². The molecule has 4 rings (SSSR count). The molecule has 3 atom stereocenters. The van der Waals surface area contributed by atoms with Gasteiger partial charge in [0.1, 0.15) is 0 Å². The van der Waals surface area contributed by atoms with E-state index >= 15 is 0 Å². The lowest BCUT2D eigenvalue weighted by Crippen LogP contribution is -2.51. The van der Waals surface area contributed by atoms with Crippen molar-refractivity contribution in [2.24, 2.45) is 18.9 Å². The maximum atomic E-state index is 12.3. The SMILES string of the molecule is Cn1ccnc(N2CCC[C@H](N[C@H]3CCC[C@H](C4CC4)C3)C2)c1=O. The van der Waals surface area contributed by atoms with Crippen LogP contribution in [0, 0.1) is 11.8 Å². The highest BCUT2D eigenvalue weighted by Crippen LogP contribution is 2.44. The van der Waals surface area contributed by atoms with Gasteiger partial charge in [0.15, 0.2) is 5.82 Å². The Morgan fingerprint density at radius 2 is 1.92 bits per heavy atom. The van der Waals surface area contributed by atoms with E-state index in [-0.39, 0.29) is 5.56 Å². The molecule has 132 valence electrons. The summed E-state index contributed by atoms with van der Waals surface area (Å²) in [6.07, 6.45) is 14.3. The van der Waals surface area contributed by atoms with Gasteiger partial charge in [0.25, 0.3) is 5.56 Å². The number of aryl methyl sites for hydroxylation is 1. The summed E-state index contributed by atoms with van der Waals surface area (Å²) in [5.41, 5.74) is 0.0182. The third-order valence-electron chi connectivity index (χ3n) is 6.19. The maximum Gasteiger partial charge on any atom is 0.293 e. The van der Waals surface area contributed by atoms with E-state index < -0.39 is 0 Å². The first-order chi connectivity index (χ1) is 11.7. The molecule has 3 aliphatic rings. The molecule has 0 bridgehead atoms. The van der Waals surface area contributed by atoms with Gasteiger partial charge in [-0.05, 0) is 50.4 Å². The van der Waals surface area contributed by atoms with Crippen molar-refractivity contribution < 1.29 is 0 Å². The van der Waals surface area contributed by atoms with E-state index in [0.29, 0.717) is 17.9 Å². The molecule has 0 amide bonds. The van der Waals surface area contributed by atoms with E-state index in [9.17, 15) is 4.79 Å². The topological polar surface area (TPSA) is 50.2 Å². The maximum absolute atomic E-state index is 12.3. The number of hydrogen-bond acceptors (Lipinski definition) is 4. The van der Waals surface area contributed by atoms with Crippen molar-refractivity contribution in [2.45, 2.75) is 63.5 Å². The number of hydrogen-bond donors (Lipinski definition) is 1. The van der Waals surface area contributed by atoms with Crippen LogP contribution in [0.1, 0.15) is 51.4 Å². The van der Waals surface area contributed by atoms with Crippen LogP contribution in [0.15, 0.2) is 17.2 Å². The Hall–Kier alpha value is -1.36. The lowest BCUT2D eigenvalue weighted by Gasteiger charge is -2.38. The molecular formula is C19H30N4O. The van der Waals surface area contributed by atoms with E-state index in [1.54, 1.807) is 24.0 Å². The summed E-state index contributed by atoms with van der Waals surface area (Å²) in [5.74, 6) is 2.62. The summed E-state index contributed by atoms with van der Waals surface area (Å²) >= 11 is 0. The molecule has 0 aromatic carbocycles. The van der Waals surface area contributed by atoms with Gasteiger partial charge in [0, 0.05) is 44.6 Å². The number of nitrogens with one attached hydrogen (secondary N) is 1. The summed E-state index contributed by atoms with van der Waals surface area (Å²) in [6, 6.07) is 1.18. The summed E-state index contributed by atoms with van der Waals surface area (Å²) in [6.45, 7) is 1.86. The predicted molar refractivity (Wildman–Crippen MR) is 96.3 cm³/mol. The fourth-order valence-corrected chi connectivity index (χ4v) is 4.72. The number of aromatic nitrogens is 2. The lowest BCUT2D eigenvalue weighted by molar-refractivity contribution is 0.238. The van der Waals surface area contributed by atoms with Crippen molar-refractivity contribution in [1.82, 2.24) is 14.9 Å². The summed E-state index contributed by atoms with van der Waals surface area (Å²) in [4.78, 5) is 18.9. The highest BCUT2D eigenvalue weighted by atomic mass is 16.1. The molecule has 24 heavy (non-hydrogen) atoms. The zero-order valence-electron chi connectivity index (χ0n) is 14.8. The first-order valence-corrected chi connectivity index (χ1v) is 9.73. The van der Waals surface area contributed by atoms with E-state index in [0.717, 1.165) is 31.3 Å². The Labute approximate surface area is 144 Å². The Balaban J connectivity index is 1.38. The second-order valence-corrected chi connectivity index (χ2v) is 8.08. The largest absolute Gasteiger partial charge is 0.350 e. The normalized spacial score (nSPS) is 31.2. The average Bonchev–Trinajstić information content (AvgIpc) is 3.43. The molecule has 0 spiro atoms. The molecule has 3 fully saturated rings. The Morgan fingerprint density at radius 3 is 2.75 bits per heavy atom. The van der Waals surface area contributed by atoms with Gasteiger partial charge in [-0.3, -0.25) is 4.79 Å². The molecular weight excluding hydrogens is 300 g/mol. The van der Waals surface area contributed by atoms with Crippen LogP contribution in [-0.2, 0) is 7.05 Å². The van der Waals surface area contributed by atoms with Crippen molar-refractivity contribution in [3.05, 3.63) is 22.7 Å². The smallest absolute Gasteiger partial charge is 0.293 e. The van der Waals surface area contributed by atoms with Crippen LogP contribution < -0.4 is 15.8 Å². The van der Waals surface area contributed by atoms with Gasteiger partial charge in [-0.25, -0.2) is 4.98 Å². The van der Waals surface area contributed by atoms with Crippen molar-refractivity contribution in [2.75, 3.05) is 18.0 Å². The fraction of sp³-hybridized carbons (Fsp3) is 0.789. The Kier molecular flexibility index (Phi) is 4.61. The highest BCUT2D eigenvalue weighted by molar-refractivity contribution is 5.36. The standard InChI is InChI=1S/C19H30N4O/c1-22-11-9-20-18(19(22)24)23-10-3-6-17(13-23)21-16-5-2-4-15(12-16)14-7-8-14/h9,11,14-17,21H,2-8,10,12-13H2,1H3/t15-,16-,17-/m0/s1. The second kappa shape index (κ2) is 6.87. The molecule has 1 aromatic heterocycles. The second-order valence-electron chi connectivity index (χ2n) is 8.08. The molecule has 2 saturated carbocycles. The van der Waals surface area contributed by atoms with Gasteiger partial charge < -0.3 is 14.8 Å². The van der Waals surface area contributed by atoms with Crippen molar-refractivity contribution in [3.8, 4) is 0 Å². The molecule has 2 aliphatic carbocycles. The molecule has 1 aliphatic heterocycles. The van der Waals surface area contributed by atoms with Gasteiger partial charge in [-0.2, -0.15) is 0 Å². The van der Waals surface area contributed by atoms with Gasteiger partial charge in [-0.1, -0.05) is 12.8 Å². The zero-order chi connectivity index (χ0) is 16.5. The number of anilines is 1. The van der Waals surface area contributed by atoms with Crippen LogP contribution in [0.3, 0.4) is 0 Å². The molecule has 5 heteroatoms. The minimum Gasteiger partial charge on any atom is -0.350 e. The number of piperidine rings is 1.